The van der Waals surface area contributed by atoms with Gasteiger partial charge in [0.25, 0.3) is 0 Å². The van der Waals surface area contributed by atoms with Crippen LogP contribution in [-0.4, -0.2) is 0 Å². The predicted octanol–water partition coefficient (Wildman–Crippen LogP) is 4.75. The predicted molar refractivity (Wildman–Crippen MR) is 51.0 cm³/mol. The van der Waals surface area contributed by atoms with E-state index in [9.17, 15) is 13.2 Å². The third kappa shape index (κ3) is 2.27. The first-order chi connectivity index (χ1) is 6.38. The lowest BCUT2D eigenvalue weighted by Gasteiger charge is -2.11. The van der Waals surface area contributed by atoms with Crippen molar-refractivity contribution in [3.05, 3.63) is 33.3 Å². The topological polar surface area (TPSA) is 0 Å². The van der Waals surface area contributed by atoms with Gasteiger partial charge in [-0.1, -0.05) is 29.3 Å². The Morgan fingerprint density at radius 1 is 1.07 bits per heavy atom. The summed E-state index contributed by atoms with van der Waals surface area (Å²) >= 11 is 16.5. The first-order valence-corrected chi connectivity index (χ1v) is 4.77. The van der Waals surface area contributed by atoms with E-state index < -0.39 is 16.8 Å². The molecule has 78 valence electrons. The van der Waals surface area contributed by atoms with Crippen LogP contribution in [-0.2, 0) is 12.1 Å². The Balaban J connectivity index is 3.31. The van der Waals surface area contributed by atoms with Crippen molar-refractivity contribution in [1.29, 1.82) is 0 Å². The number of hydrogen-bond donors (Lipinski definition) is 0. The van der Waals surface area contributed by atoms with Crippen LogP contribution in [0.1, 0.15) is 11.1 Å². The number of alkyl halides is 4. The average Bonchev–Trinajstić information content (AvgIpc) is 2.07. The first kappa shape index (κ1) is 12.0. The van der Waals surface area contributed by atoms with Crippen molar-refractivity contribution in [3.8, 4) is 0 Å². The van der Waals surface area contributed by atoms with Gasteiger partial charge in [0.05, 0.1) is 15.6 Å². The Bertz CT molecular complexity index is 346. The Labute approximate surface area is 93.6 Å². The molecule has 6 heteroatoms. The number of benzene rings is 1. The number of rotatable bonds is 1. The third-order valence-corrected chi connectivity index (χ3v) is 2.82. The SMILES string of the molecule is FC(F)(F)c1ccc(CCl)c(Cl)c1Cl. The van der Waals surface area contributed by atoms with Crippen molar-refractivity contribution in [3.63, 3.8) is 0 Å². The van der Waals surface area contributed by atoms with Gasteiger partial charge >= 0.3 is 6.18 Å². The van der Waals surface area contributed by atoms with Gasteiger partial charge < -0.3 is 0 Å². The van der Waals surface area contributed by atoms with Crippen molar-refractivity contribution in [2.75, 3.05) is 0 Å². The minimum absolute atomic E-state index is 0.0245. The van der Waals surface area contributed by atoms with Gasteiger partial charge in [-0.2, -0.15) is 13.2 Å². The van der Waals surface area contributed by atoms with E-state index >= 15 is 0 Å². The summed E-state index contributed by atoms with van der Waals surface area (Å²) in [5.41, 5.74) is -0.565. The van der Waals surface area contributed by atoms with Crippen molar-refractivity contribution < 1.29 is 13.2 Å². The van der Waals surface area contributed by atoms with Crippen molar-refractivity contribution >= 4 is 34.8 Å². The van der Waals surface area contributed by atoms with Crippen molar-refractivity contribution in [2.24, 2.45) is 0 Å². The summed E-state index contributed by atoms with van der Waals surface area (Å²) in [6, 6.07) is 2.08. The Hall–Kier alpha value is -0.120. The summed E-state index contributed by atoms with van der Waals surface area (Å²) in [5.74, 6) is 0.0245. The molecule has 0 aliphatic carbocycles. The minimum Gasteiger partial charge on any atom is -0.166 e. The van der Waals surface area contributed by atoms with E-state index in [4.69, 9.17) is 34.8 Å². The van der Waals surface area contributed by atoms with Gasteiger partial charge in [-0.05, 0) is 11.6 Å². The Morgan fingerprint density at radius 3 is 2.07 bits per heavy atom. The molecule has 0 N–H and O–H groups in total. The Kier molecular flexibility index (Phi) is 3.56. The summed E-state index contributed by atoms with van der Waals surface area (Å²) < 4.78 is 36.9. The quantitative estimate of drug-likeness (QED) is 0.641. The second-order valence-corrected chi connectivity index (χ2v) is 3.55. The molecule has 0 fully saturated rings. The van der Waals surface area contributed by atoms with Crippen molar-refractivity contribution in [2.45, 2.75) is 12.1 Å². The highest BCUT2D eigenvalue weighted by Gasteiger charge is 2.34. The molecule has 1 aromatic carbocycles. The zero-order chi connectivity index (χ0) is 10.9. The molecular formula is C8H4Cl3F3. The lowest BCUT2D eigenvalue weighted by Crippen LogP contribution is -2.06. The van der Waals surface area contributed by atoms with Crippen LogP contribution in [0.25, 0.3) is 0 Å². The van der Waals surface area contributed by atoms with Gasteiger partial charge in [0.1, 0.15) is 0 Å². The highest BCUT2D eigenvalue weighted by atomic mass is 35.5. The fraction of sp³-hybridized carbons (Fsp3) is 0.250. The summed E-state index contributed by atoms with van der Waals surface area (Å²) in [7, 11) is 0. The maximum atomic E-state index is 12.3. The van der Waals surface area contributed by atoms with Crippen LogP contribution in [0.5, 0.6) is 0 Å². The molecule has 0 amide bonds. The standard InChI is InChI=1S/C8H4Cl3F3/c9-3-4-1-2-5(8(12,13)14)7(11)6(4)10/h1-2H,3H2. The maximum absolute atomic E-state index is 12.3. The molecule has 0 unspecified atom stereocenters. The first-order valence-electron chi connectivity index (χ1n) is 3.48. The molecule has 1 rings (SSSR count). The summed E-state index contributed by atoms with van der Waals surface area (Å²) in [6.07, 6.45) is -4.49. The van der Waals surface area contributed by atoms with Crippen LogP contribution < -0.4 is 0 Å². The fourth-order valence-electron chi connectivity index (χ4n) is 0.912. The van der Waals surface area contributed by atoms with Gasteiger partial charge in [-0.15, -0.1) is 11.6 Å². The average molecular weight is 263 g/mol. The van der Waals surface area contributed by atoms with E-state index in [-0.39, 0.29) is 10.9 Å². The third-order valence-electron chi connectivity index (χ3n) is 1.61. The molecular weight excluding hydrogens is 259 g/mol. The Morgan fingerprint density at radius 2 is 1.64 bits per heavy atom. The van der Waals surface area contributed by atoms with E-state index in [1.165, 1.54) is 6.07 Å². The highest BCUT2D eigenvalue weighted by Crippen LogP contribution is 2.39. The molecule has 0 radical (unpaired) electrons. The summed E-state index contributed by atoms with van der Waals surface area (Å²) in [6.45, 7) is 0. The molecule has 0 saturated carbocycles. The summed E-state index contributed by atoms with van der Waals surface area (Å²) in [5, 5.41) is -0.645. The van der Waals surface area contributed by atoms with E-state index in [0.717, 1.165) is 6.07 Å². The monoisotopic (exact) mass is 262 g/mol. The zero-order valence-corrected chi connectivity index (χ0v) is 8.90. The van der Waals surface area contributed by atoms with Crippen molar-refractivity contribution in [1.82, 2.24) is 0 Å². The van der Waals surface area contributed by atoms with E-state index in [0.29, 0.717) is 5.56 Å². The van der Waals surface area contributed by atoms with Crippen LogP contribution >= 0.6 is 34.8 Å². The van der Waals surface area contributed by atoms with Crippen LogP contribution in [0.4, 0.5) is 13.2 Å². The molecule has 0 atom stereocenters. The minimum atomic E-state index is -4.49. The molecule has 0 nitrogen and oxygen atoms in total. The van der Waals surface area contributed by atoms with Gasteiger partial charge in [-0.3, -0.25) is 0 Å². The van der Waals surface area contributed by atoms with Gasteiger partial charge in [-0.25, -0.2) is 0 Å². The van der Waals surface area contributed by atoms with Gasteiger partial charge in [0.15, 0.2) is 0 Å². The van der Waals surface area contributed by atoms with Crippen LogP contribution in [0.3, 0.4) is 0 Å². The molecule has 0 aliphatic rings. The molecule has 14 heavy (non-hydrogen) atoms. The smallest absolute Gasteiger partial charge is 0.166 e. The number of halogens is 6. The fourth-order valence-corrected chi connectivity index (χ4v) is 1.73. The largest absolute Gasteiger partial charge is 0.417 e. The molecule has 0 aromatic heterocycles. The van der Waals surface area contributed by atoms with Crippen LogP contribution in [0.15, 0.2) is 12.1 Å². The molecule has 1 aromatic rings. The maximum Gasteiger partial charge on any atom is 0.417 e. The second-order valence-electron chi connectivity index (χ2n) is 2.53. The highest BCUT2D eigenvalue weighted by molar-refractivity contribution is 6.43. The second kappa shape index (κ2) is 4.17. The van der Waals surface area contributed by atoms with E-state index in [2.05, 4.69) is 0 Å². The zero-order valence-electron chi connectivity index (χ0n) is 6.63. The van der Waals surface area contributed by atoms with Gasteiger partial charge in [0.2, 0.25) is 0 Å². The van der Waals surface area contributed by atoms with E-state index in [1.807, 2.05) is 0 Å². The molecule has 0 aliphatic heterocycles. The number of hydrogen-bond acceptors (Lipinski definition) is 0. The molecule has 0 spiro atoms. The summed E-state index contributed by atoms with van der Waals surface area (Å²) in [4.78, 5) is 0. The normalized spacial score (nSPS) is 11.9. The molecule has 0 heterocycles. The lowest BCUT2D eigenvalue weighted by molar-refractivity contribution is -0.137. The molecule has 0 bridgehead atoms. The van der Waals surface area contributed by atoms with Crippen LogP contribution in [0.2, 0.25) is 10.0 Å². The molecule has 0 saturated heterocycles. The lowest BCUT2D eigenvalue weighted by atomic mass is 10.1. The van der Waals surface area contributed by atoms with E-state index in [1.54, 1.807) is 0 Å². The van der Waals surface area contributed by atoms with Crippen LogP contribution in [0, 0.1) is 0 Å². The van der Waals surface area contributed by atoms with Gasteiger partial charge in [0, 0.05) is 5.88 Å².